The second-order valence-electron chi connectivity index (χ2n) is 5.72. The summed E-state index contributed by atoms with van der Waals surface area (Å²) in [6, 6.07) is 0. The van der Waals surface area contributed by atoms with Crippen LogP contribution in [-0.4, -0.2) is 5.78 Å². The van der Waals surface area contributed by atoms with E-state index < -0.39 is 0 Å². The van der Waals surface area contributed by atoms with Gasteiger partial charge < -0.3 is 0 Å². The molecule has 0 amide bonds. The largest absolute Gasteiger partial charge is 0.299 e. The molecule has 0 aromatic rings. The molecule has 0 aromatic carbocycles. The summed E-state index contributed by atoms with van der Waals surface area (Å²) in [4.78, 5) is 12.1. The zero-order valence-corrected chi connectivity index (χ0v) is 8.41. The molecule has 4 bridgehead atoms. The summed E-state index contributed by atoms with van der Waals surface area (Å²) in [6.45, 7) is 0. The molecular formula is C13H16O. The average molecular weight is 188 g/mol. The lowest BCUT2D eigenvalue weighted by Gasteiger charge is -2.44. The van der Waals surface area contributed by atoms with E-state index in [2.05, 4.69) is 12.2 Å². The molecule has 3 saturated carbocycles. The normalized spacial score (nSPS) is 51.3. The minimum Gasteiger partial charge on any atom is -0.299 e. The number of rotatable bonds is 0. The second kappa shape index (κ2) is 2.15. The maximum Gasteiger partial charge on any atom is 0.140 e. The van der Waals surface area contributed by atoms with E-state index in [0.29, 0.717) is 34.9 Å². The third-order valence-electron chi connectivity index (χ3n) is 5.31. The molecule has 4 rings (SSSR count). The molecule has 1 spiro atoms. The van der Waals surface area contributed by atoms with Gasteiger partial charge in [0.2, 0.25) is 0 Å². The first-order chi connectivity index (χ1) is 6.83. The first-order valence-electron chi connectivity index (χ1n) is 6.05. The van der Waals surface area contributed by atoms with Crippen LogP contribution in [0.3, 0.4) is 0 Å². The molecule has 74 valence electrons. The third kappa shape index (κ3) is 0.656. The van der Waals surface area contributed by atoms with Gasteiger partial charge in [-0.2, -0.15) is 0 Å². The highest BCUT2D eigenvalue weighted by atomic mass is 16.1. The van der Waals surface area contributed by atoms with Crippen molar-refractivity contribution in [2.75, 3.05) is 0 Å². The van der Waals surface area contributed by atoms with Crippen molar-refractivity contribution in [3.05, 3.63) is 12.2 Å². The highest BCUT2D eigenvalue weighted by molar-refractivity contribution is 5.87. The van der Waals surface area contributed by atoms with Crippen molar-refractivity contribution in [3.8, 4) is 0 Å². The Balaban J connectivity index is 1.86. The van der Waals surface area contributed by atoms with Crippen LogP contribution in [0.25, 0.3) is 0 Å². The van der Waals surface area contributed by atoms with E-state index in [1.807, 2.05) is 0 Å². The Kier molecular flexibility index (Phi) is 1.18. The van der Waals surface area contributed by atoms with Crippen LogP contribution in [0.2, 0.25) is 0 Å². The molecule has 14 heavy (non-hydrogen) atoms. The summed E-state index contributed by atoms with van der Waals surface area (Å²) in [5, 5.41) is 0. The molecule has 1 nitrogen and oxygen atoms in total. The van der Waals surface area contributed by atoms with Crippen LogP contribution in [-0.2, 0) is 4.79 Å². The Morgan fingerprint density at radius 3 is 2.14 bits per heavy atom. The van der Waals surface area contributed by atoms with E-state index in [0.717, 1.165) is 0 Å². The fraction of sp³-hybridized carbons (Fsp3) is 0.769. The molecule has 0 unspecified atom stereocenters. The molecule has 0 radical (unpaired) electrons. The van der Waals surface area contributed by atoms with Crippen molar-refractivity contribution in [2.24, 2.45) is 29.1 Å². The highest BCUT2D eigenvalue weighted by Gasteiger charge is 2.65. The fourth-order valence-corrected chi connectivity index (χ4v) is 4.56. The monoisotopic (exact) mass is 188 g/mol. The van der Waals surface area contributed by atoms with Gasteiger partial charge >= 0.3 is 0 Å². The standard InChI is InChI=1S/C13H16O/c14-12-8-2-1-3-9(12)11-5-4-10(8)13(11)6-7-13/h4-5,8-11H,1-3,6-7H2/t8-,9+,10-,11+. The van der Waals surface area contributed by atoms with E-state index in [1.54, 1.807) is 0 Å². The Bertz CT molecular complexity index is 311. The number of fused-ring (bicyclic) bond motifs is 4. The van der Waals surface area contributed by atoms with Gasteiger partial charge in [0.15, 0.2) is 0 Å². The number of ketones is 1. The van der Waals surface area contributed by atoms with Crippen LogP contribution < -0.4 is 0 Å². The van der Waals surface area contributed by atoms with Gasteiger partial charge in [-0.3, -0.25) is 4.79 Å². The van der Waals surface area contributed by atoms with Crippen LogP contribution in [0.15, 0.2) is 12.2 Å². The van der Waals surface area contributed by atoms with Crippen molar-refractivity contribution >= 4 is 5.78 Å². The van der Waals surface area contributed by atoms with Crippen LogP contribution in [0, 0.1) is 29.1 Å². The zero-order valence-electron chi connectivity index (χ0n) is 8.41. The number of hydrogen-bond donors (Lipinski definition) is 0. The van der Waals surface area contributed by atoms with Gasteiger partial charge in [-0.05, 0) is 42.9 Å². The topological polar surface area (TPSA) is 17.1 Å². The summed E-state index contributed by atoms with van der Waals surface area (Å²) < 4.78 is 0. The van der Waals surface area contributed by atoms with Crippen LogP contribution in [0.5, 0.6) is 0 Å². The van der Waals surface area contributed by atoms with Crippen molar-refractivity contribution in [2.45, 2.75) is 32.1 Å². The lowest BCUT2D eigenvalue weighted by atomic mass is 9.58. The summed E-state index contributed by atoms with van der Waals surface area (Å²) in [5.74, 6) is 2.76. The molecule has 0 heterocycles. The average Bonchev–Trinajstić information content (AvgIpc) is 2.84. The number of Topliss-reactive ketones (excluding diaryl/α,β-unsaturated/α-hetero) is 1. The van der Waals surface area contributed by atoms with E-state index in [4.69, 9.17) is 0 Å². The van der Waals surface area contributed by atoms with Gasteiger partial charge in [0, 0.05) is 11.8 Å². The fourth-order valence-electron chi connectivity index (χ4n) is 4.56. The molecule has 0 saturated heterocycles. The van der Waals surface area contributed by atoms with Gasteiger partial charge in [0.05, 0.1) is 0 Å². The number of carbonyl (C=O) groups is 1. The Morgan fingerprint density at radius 2 is 1.64 bits per heavy atom. The molecule has 0 aliphatic heterocycles. The number of allylic oxidation sites excluding steroid dienone is 2. The lowest BCUT2D eigenvalue weighted by molar-refractivity contribution is -0.138. The Hall–Kier alpha value is -0.590. The maximum atomic E-state index is 12.1. The van der Waals surface area contributed by atoms with Gasteiger partial charge in [0.25, 0.3) is 0 Å². The highest BCUT2D eigenvalue weighted by Crippen LogP contribution is 2.70. The molecule has 4 aliphatic carbocycles. The molecule has 0 N–H and O–H groups in total. The SMILES string of the molecule is O=C1[C@H]2CCC[C@@H]1[C@H]1C=C[C@@H]2C12CC2. The van der Waals surface area contributed by atoms with Crippen LogP contribution in [0.4, 0.5) is 0 Å². The van der Waals surface area contributed by atoms with Crippen molar-refractivity contribution in [1.82, 2.24) is 0 Å². The van der Waals surface area contributed by atoms with E-state index >= 15 is 0 Å². The minimum absolute atomic E-state index is 0.422. The third-order valence-corrected chi connectivity index (χ3v) is 5.31. The summed E-state index contributed by atoms with van der Waals surface area (Å²) in [6.07, 6.45) is 11.2. The van der Waals surface area contributed by atoms with Crippen molar-refractivity contribution in [1.29, 1.82) is 0 Å². The quantitative estimate of drug-likeness (QED) is 0.534. The molecule has 4 atom stereocenters. The maximum absolute atomic E-state index is 12.1. The van der Waals surface area contributed by atoms with Crippen LogP contribution in [0.1, 0.15) is 32.1 Å². The first-order valence-corrected chi connectivity index (χ1v) is 6.05. The van der Waals surface area contributed by atoms with Gasteiger partial charge in [-0.15, -0.1) is 0 Å². The van der Waals surface area contributed by atoms with E-state index in [9.17, 15) is 4.79 Å². The lowest BCUT2D eigenvalue weighted by Crippen LogP contribution is -2.46. The Morgan fingerprint density at radius 1 is 1.07 bits per heavy atom. The zero-order chi connectivity index (χ0) is 9.34. The molecule has 0 aromatic heterocycles. The number of hydrogen-bond acceptors (Lipinski definition) is 1. The second-order valence-corrected chi connectivity index (χ2v) is 5.72. The summed E-state index contributed by atoms with van der Waals surface area (Å²) in [7, 11) is 0. The predicted molar refractivity (Wildman–Crippen MR) is 53.6 cm³/mol. The number of carbonyl (C=O) groups excluding carboxylic acids is 1. The van der Waals surface area contributed by atoms with Crippen molar-refractivity contribution in [3.63, 3.8) is 0 Å². The van der Waals surface area contributed by atoms with E-state index in [-0.39, 0.29) is 0 Å². The predicted octanol–water partition coefficient (Wildman–Crippen LogP) is 2.57. The van der Waals surface area contributed by atoms with Crippen molar-refractivity contribution < 1.29 is 4.79 Å². The van der Waals surface area contributed by atoms with Gasteiger partial charge in [-0.25, -0.2) is 0 Å². The molecule has 1 heteroatoms. The van der Waals surface area contributed by atoms with Gasteiger partial charge in [-0.1, -0.05) is 18.6 Å². The van der Waals surface area contributed by atoms with Gasteiger partial charge in [0.1, 0.15) is 5.78 Å². The van der Waals surface area contributed by atoms with E-state index in [1.165, 1.54) is 32.1 Å². The van der Waals surface area contributed by atoms with Crippen LogP contribution >= 0.6 is 0 Å². The molecule has 4 aliphatic rings. The molecule has 3 fully saturated rings. The summed E-state index contributed by atoms with van der Waals surface area (Å²) in [5.41, 5.74) is 0.601. The Labute approximate surface area is 84.6 Å². The molecular weight excluding hydrogens is 172 g/mol. The first kappa shape index (κ1) is 7.67. The smallest absolute Gasteiger partial charge is 0.140 e. The summed E-state index contributed by atoms with van der Waals surface area (Å²) >= 11 is 0. The minimum atomic E-state index is 0.422.